The highest BCUT2D eigenvalue weighted by molar-refractivity contribution is 5.30. The molecule has 0 amide bonds. The molecule has 0 saturated carbocycles. The molecular weight excluding hydrogens is 158 g/mol. The van der Waals surface area contributed by atoms with Gasteiger partial charge in [0.1, 0.15) is 0 Å². The lowest BCUT2D eigenvalue weighted by atomic mass is 9.95. The van der Waals surface area contributed by atoms with Crippen molar-refractivity contribution in [2.45, 2.75) is 32.6 Å². The van der Waals surface area contributed by atoms with E-state index in [1.54, 1.807) is 0 Å². The number of nitriles is 1. The first-order valence-corrected chi connectivity index (χ1v) is 4.70. The molecule has 0 aliphatic carbocycles. The van der Waals surface area contributed by atoms with Gasteiger partial charge in [-0.05, 0) is 23.5 Å². The standard InChI is InChI=1S/C12H15N/c1-10(2)12-8-4-3-6-11(12)7-5-9-13/h3-4,6,8,10H,5,7H2,1-2H3. The summed E-state index contributed by atoms with van der Waals surface area (Å²) in [5.41, 5.74) is 2.69. The summed E-state index contributed by atoms with van der Waals surface area (Å²) >= 11 is 0. The van der Waals surface area contributed by atoms with Gasteiger partial charge in [-0.15, -0.1) is 0 Å². The fourth-order valence-corrected chi connectivity index (χ4v) is 1.52. The summed E-state index contributed by atoms with van der Waals surface area (Å²) in [4.78, 5) is 0. The maximum Gasteiger partial charge on any atom is 0.0625 e. The normalized spacial score (nSPS) is 10.0. The maximum absolute atomic E-state index is 8.51. The molecule has 1 rings (SSSR count). The third-order valence-corrected chi connectivity index (χ3v) is 2.18. The molecule has 0 saturated heterocycles. The second-order valence-electron chi connectivity index (χ2n) is 3.51. The van der Waals surface area contributed by atoms with Crippen molar-refractivity contribution in [1.82, 2.24) is 0 Å². The van der Waals surface area contributed by atoms with Crippen LogP contribution in [0.4, 0.5) is 0 Å². The number of benzene rings is 1. The lowest BCUT2D eigenvalue weighted by Crippen LogP contribution is -1.95. The van der Waals surface area contributed by atoms with Crippen molar-refractivity contribution >= 4 is 0 Å². The third-order valence-electron chi connectivity index (χ3n) is 2.18. The van der Waals surface area contributed by atoms with Crippen molar-refractivity contribution in [3.05, 3.63) is 35.4 Å². The van der Waals surface area contributed by atoms with Gasteiger partial charge in [0, 0.05) is 6.42 Å². The van der Waals surface area contributed by atoms with E-state index in [0.717, 1.165) is 6.42 Å². The van der Waals surface area contributed by atoms with Gasteiger partial charge < -0.3 is 0 Å². The van der Waals surface area contributed by atoms with Gasteiger partial charge in [0.05, 0.1) is 6.07 Å². The second-order valence-corrected chi connectivity index (χ2v) is 3.51. The Morgan fingerprint density at radius 1 is 1.31 bits per heavy atom. The zero-order chi connectivity index (χ0) is 9.68. The first-order valence-electron chi connectivity index (χ1n) is 4.70. The largest absolute Gasteiger partial charge is 0.198 e. The van der Waals surface area contributed by atoms with Gasteiger partial charge in [0.25, 0.3) is 0 Å². The molecule has 0 unspecified atom stereocenters. The van der Waals surface area contributed by atoms with E-state index in [0.29, 0.717) is 12.3 Å². The molecule has 1 aromatic rings. The SMILES string of the molecule is CC(C)c1ccccc1CCC#N. The summed E-state index contributed by atoms with van der Waals surface area (Å²) in [5, 5.41) is 8.51. The van der Waals surface area contributed by atoms with Crippen LogP contribution in [0.3, 0.4) is 0 Å². The van der Waals surface area contributed by atoms with E-state index in [4.69, 9.17) is 5.26 Å². The summed E-state index contributed by atoms with van der Waals surface area (Å²) in [5.74, 6) is 0.551. The molecule has 0 atom stereocenters. The average Bonchev–Trinajstić information content (AvgIpc) is 2.15. The molecule has 0 spiro atoms. The van der Waals surface area contributed by atoms with E-state index in [1.165, 1.54) is 11.1 Å². The monoisotopic (exact) mass is 173 g/mol. The molecule has 1 aromatic carbocycles. The van der Waals surface area contributed by atoms with E-state index in [9.17, 15) is 0 Å². The van der Waals surface area contributed by atoms with Gasteiger partial charge in [-0.2, -0.15) is 5.26 Å². The van der Waals surface area contributed by atoms with E-state index >= 15 is 0 Å². The predicted molar refractivity (Wildman–Crippen MR) is 54.5 cm³/mol. The van der Waals surface area contributed by atoms with Gasteiger partial charge in [0.15, 0.2) is 0 Å². The Bertz CT molecular complexity index is 307. The Kier molecular flexibility index (Phi) is 3.52. The van der Waals surface area contributed by atoms with Crippen molar-refractivity contribution in [3.8, 4) is 6.07 Å². The van der Waals surface area contributed by atoms with Crippen LogP contribution in [0.15, 0.2) is 24.3 Å². The minimum Gasteiger partial charge on any atom is -0.198 e. The molecule has 0 fully saturated rings. The topological polar surface area (TPSA) is 23.8 Å². The van der Waals surface area contributed by atoms with Gasteiger partial charge >= 0.3 is 0 Å². The first kappa shape index (κ1) is 9.80. The molecular formula is C12H15N. The summed E-state index contributed by atoms with van der Waals surface area (Å²) in [7, 11) is 0. The molecule has 0 aliphatic rings. The minimum atomic E-state index is 0.551. The van der Waals surface area contributed by atoms with Crippen LogP contribution in [-0.4, -0.2) is 0 Å². The van der Waals surface area contributed by atoms with Gasteiger partial charge in [-0.3, -0.25) is 0 Å². The predicted octanol–water partition coefficient (Wildman–Crippen LogP) is 3.27. The summed E-state index contributed by atoms with van der Waals surface area (Å²) in [6.07, 6.45) is 1.49. The van der Waals surface area contributed by atoms with Crippen LogP contribution in [0.5, 0.6) is 0 Å². The van der Waals surface area contributed by atoms with Crippen LogP contribution in [0.1, 0.15) is 37.3 Å². The second kappa shape index (κ2) is 4.67. The highest BCUT2D eigenvalue weighted by Crippen LogP contribution is 2.19. The average molecular weight is 173 g/mol. The Hall–Kier alpha value is -1.29. The Morgan fingerprint density at radius 3 is 2.62 bits per heavy atom. The van der Waals surface area contributed by atoms with Gasteiger partial charge in [0.2, 0.25) is 0 Å². The Balaban J connectivity index is 2.86. The first-order chi connectivity index (χ1) is 6.25. The zero-order valence-corrected chi connectivity index (χ0v) is 8.25. The molecule has 1 heteroatoms. The van der Waals surface area contributed by atoms with Crippen molar-refractivity contribution < 1.29 is 0 Å². The molecule has 0 N–H and O–H groups in total. The van der Waals surface area contributed by atoms with E-state index in [-0.39, 0.29) is 0 Å². The van der Waals surface area contributed by atoms with Crippen LogP contribution >= 0.6 is 0 Å². The summed E-state index contributed by atoms with van der Waals surface area (Å²) in [6.45, 7) is 4.37. The number of aryl methyl sites for hydroxylation is 1. The van der Waals surface area contributed by atoms with Gasteiger partial charge in [-0.1, -0.05) is 38.1 Å². The van der Waals surface area contributed by atoms with Crippen LogP contribution in [0, 0.1) is 11.3 Å². The Labute approximate surface area is 80.0 Å². The molecule has 0 aliphatic heterocycles. The molecule has 0 heterocycles. The highest BCUT2D eigenvalue weighted by Gasteiger charge is 2.04. The lowest BCUT2D eigenvalue weighted by Gasteiger charge is -2.10. The summed E-state index contributed by atoms with van der Waals surface area (Å²) < 4.78 is 0. The highest BCUT2D eigenvalue weighted by atomic mass is 14.2. The van der Waals surface area contributed by atoms with E-state index < -0.39 is 0 Å². The third kappa shape index (κ3) is 2.59. The molecule has 68 valence electrons. The molecule has 0 radical (unpaired) electrons. The number of hydrogen-bond acceptors (Lipinski definition) is 1. The van der Waals surface area contributed by atoms with Crippen LogP contribution in [0.25, 0.3) is 0 Å². The lowest BCUT2D eigenvalue weighted by molar-refractivity contribution is 0.835. The quantitative estimate of drug-likeness (QED) is 0.688. The van der Waals surface area contributed by atoms with E-state index in [1.807, 2.05) is 6.07 Å². The van der Waals surface area contributed by atoms with Crippen molar-refractivity contribution in [1.29, 1.82) is 5.26 Å². The van der Waals surface area contributed by atoms with Crippen molar-refractivity contribution in [2.75, 3.05) is 0 Å². The smallest absolute Gasteiger partial charge is 0.0625 e. The van der Waals surface area contributed by atoms with Crippen molar-refractivity contribution in [3.63, 3.8) is 0 Å². The molecule has 1 nitrogen and oxygen atoms in total. The van der Waals surface area contributed by atoms with Crippen LogP contribution in [-0.2, 0) is 6.42 Å². The summed E-state index contributed by atoms with van der Waals surface area (Å²) in [6, 6.07) is 10.6. The minimum absolute atomic E-state index is 0.551. The van der Waals surface area contributed by atoms with Crippen LogP contribution < -0.4 is 0 Å². The van der Waals surface area contributed by atoms with Gasteiger partial charge in [-0.25, -0.2) is 0 Å². The molecule has 0 aromatic heterocycles. The van der Waals surface area contributed by atoms with E-state index in [2.05, 4.69) is 38.1 Å². The maximum atomic E-state index is 8.51. The molecule has 0 bridgehead atoms. The Morgan fingerprint density at radius 2 is 2.00 bits per heavy atom. The molecule has 13 heavy (non-hydrogen) atoms. The zero-order valence-electron chi connectivity index (χ0n) is 8.25. The number of hydrogen-bond donors (Lipinski definition) is 0. The van der Waals surface area contributed by atoms with Crippen molar-refractivity contribution in [2.24, 2.45) is 0 Å². The van der Waals surface area contributed by atoms with Crippen LogP contribution in [0.2, 0.25) is 0 Å². The fourth-order valence-electron chi connectivity index (χ4n) is 1.52. The fraction of sp³-hybridized carbons (Fsp3) is 0.417. The number of nitrogens with zero attached hydrogens (tertiary/aromatic N) is 1. The number of rotatable bonds is 3.